The van der Waals surface area contributed by atoms with Gasteiger partial charge < -0.3 is 10.1 Å². The van der Waals surface area contributed by atoms with Crippen LogP contribution in [-0.2, 0) is 6.18 Å². The van der Waals surface area contributed by atoms with Crippen LogP contribution in [0.2, 0.25) is 0 Å². The largest absolute Gasteiger partial charge is 0.493 e. The summed E-state index contributed by atoms with van der Waals surface area (Å²) in [6.07, 6.45) is -0.801. The molecule has 0 radical (unpaired) electrons. The number of anilines is 2. The van der Waals surface area contributed by atoms with E-state index in [2.05, 4.69) is 25.7 Å². The molecule has 0 amide bonds. The van der Waals surface area contributed by atoms with Gasteiger partial charge in [0.2, 0.25) is 5.95 Å². The van der Waals surface area contributed by atoms with Crippen LogP contribution in [0, 0.1) is 5.92 Å². The first-order chi connectivity index (χ1) is 14.8. The quantitative estimate of drug-likeness (QED) is 0.322. The van der Waals surface area contributed by atoms with Crippen molar-refractivity contribution in [3.63, 3.8) is 0 Å². The van der Waals surface area contributed by atoms with Crippen LogP contribution in [0.3, 0.4) is 0 Å². The molecule has 0 aliphatic carbocycles. The summed E-state index contributed by atoms with van der Waals surface area (Å²) >= 11 is 1.36. The predicted molar refractivity (Wildman–Crippen MR) is 114 cm³/mol. The number of benzene rings is 1. The number of nitrogens with zero attached hydrogens (tertiary/aromatic N) is 3. The van der Waals surface area contributed by atoms with Gasteiger partial charge in [-0.05, 0) is 43.5 Å². The number of ether oxygens (including phenoxy) is 1. The second-order valence-corrected chi connectivity index (χ2v) is 8.05. The second kappa shape index (κ2) is 10.0. The number of nitrogens with two attached hydrogens (primary N) is 1. The molecule has 2 aromatic heterocycles. The third-order valence-electron chi connectivity index (χ3n) is 4.45. The molecule has 0 saturated carbocycles. The summed E-state index contributed by atoms with van der Waals surface area (Å²) in [6.45, 7) is 3.93. The monoisotopic (exact) mass is 452 g/mol. The van der Waals surface area contributed by atoms with E-state index < -0.39 is 11.7 Å². The average molecular weight is 453 g/mol. The fourth-order valence-electron chi connectivity index (χ4n) is 2.97. The minimum absolute atomic E-state index is 0.0215. The highest BCUT2D eigenvalue weighted by atomic mass is 32.1. The van der Waals surface area contributed by atoms with E-state index >= 15 is 0 Å². The molecule has 4 N–H and O–H groups in total. The Hall–Kier alpha value is -2.76. The minimum Gasteiger partial charge on any atom is -0.493 e. The summed E-state index contributed by atoms with van der Waals surface area (Å²) in [5, 5.41) is 5.30. The smallest absolute Gasteiger partial charge is 0.419 e. The van der Waals surface area contributed by atoms with E-state index in [1.807, 2.05) is 13.8 Å². The Bertz CT molecular complexity index is 983. The number of aromatic nitrogens is 3. The van der Waals surface area contributed by atoms with Gasteiger partial charge in [-0.3, -0.25) is 11.3 Å². The molecule has 0 bridgehead atoms. The maximum atomic E-state index is 13.7. The Kier molecular flexibility index (Phi) is 7.42. The third kappa shape index (κ3) is 6.36. The van der Waals surface area contributed by atoms with Crippen LogP contribution in [0.15, 0.2) is 42.0 Å². The maximum absolute atomic E-state index is 13.7. The van der Waals surface area contributed by atoms with Crippen molar-refractivity contribution >= 4 is 22.4 Å². The first-order valence-corrected chi connectivity index (χ1v) is 10.4. The van der Waals surface area contributed by atoms with E-state index in [0.717, 1.165) is 6.07 Å². The van der Waals surface area contributed by atoms with Crippen LogP contribution in [-0.4, -0.2) is 27.6 Å². The highest BCUT2D eigenvalue weighted by molar-refractivity contribution is 7.13. The molecule has 0 aliphatic heterocycles. The zero-order valence-corrected chi connectivity index (χ0v) is 17.8. The molecule has 2 atom stereocenters. The highest BCUT2D eigenvalue weighted by Crippen LogP contribution is 2.39. The molecule has 11 heteroatoms. The molecule has 1 aromatic carbocycles. The summed E-state index contributed by atoms with van der Waals surface area (Å²) < 4.78 is 46.6. The van der Waals surface area contributed by atoms with Crippen molar-refractivity contribution in [1.29, 1.82) is 0 Å². The Balaban J connectivity index is 1.81. The van der Waals surface area contributed by atoms with Crippen LogP contribution in [0.5, 0.6) is 5.75 Å². The van der Waals surface area contributed by atoms with Gasteiger partial charge in [0, 0.05) is 29.4 Å². The van der Waals surface area contributed by atoms with Gasteiger partial charge in [0.1, 0.15) is 5.75 Å². The molecule has 2 heterocycles. The lowest BCUT2D eigenvalue weighted by molar-refractivity contribution is -0.139. The molecule has 2 unspecified atom stereocenters. The molecule has 31 heavy (non-hydrogen) atoms. The molecule has 3 rings (SSSR count). The van der Waals surface area contributed by atoms with Crippen molar-refractivity contribution in [3.8, 4) is 17.0 Å². The van der Waals surface area contributed by atoms with E-state index in [9.17, 15) is 13.2 Å². The van der Waals surface area contributed by atoms with Crippen LogP contribution >= 0.6 is 11.3 Å². The highest BCUT2D eigenvalue weighted by Gasteiger charge is 2.35. The van der Waals surface area contributed by atoms with Crippen LogP contribution < -0.4 is 21.3 Å². The molecule has 0 saturated heterocycles. The van der Waals surface area contributed by atoms with E-state index in [0.29, 0.717) is 22.8 Å². The number of hydrazine groups is 1. The molecule has 0 spiro atoms. The molecule has 7 nitrogen and oxygen atoms in total. The van der Waals surface area contributed by atoms with Gasteiger partial charge in [-0.1, -0.05) is 6.92 Å². The molecule has 3 aromatic rings. The lowest BCUT2D eigenvalue weighted by Crippen LogP contribution is -2.34. The van der Waals surface area contributed by atoms with Crippen molar-refractivity contribution < 1.29 is 17.9 Å². The number of halogens is 3. The summed E-state index contributed by atoms with van der Waals surface area (Å²) in [5.74, 6) is 5.42. The Labute approximate surface area is 181 Å². The molecular formula is C20H23F3N6OS. The first kappa shape index (κ1) is 22.9. The Morgan fingerprint density at radius 1 is 1.16 bits per heavy atom. The van der Waals surface area contributed by atoms with Gasteiger partial charge in [0.05, 0.1) is 17.9 Å². The van der Waals surface area contributed by atoms with Crippen LogP contribution in [0.4, 0.5) is 24.3 Å². The van der Waals surface area contributed by atoms with E-state index in [4.69, 9.17) is 10.6 Å². The van der Waals surface area contributed by atoms with Crippen molar-refractivity contribution in [2.24, 2.45) is 11.8 Å². The summed E-state index contributed by atoms with van der Waals surface area (Å²) in [6, 6.07) is 5.50. The van der Waals surface area contributed by atoms with E-state index in [1.54, 1.807) is 23.7 Å². The molecule has 0 fully saturated rings. The van der Waals surface area contributed by atoms with Crippen molar-refractivity contribution in [3.05, 3.63) is 47.6 Å². The number of hydrogen-bond acceptors (Lipinski definition) is 8. The number of thiazole rings is 1. The summed E-state index contributed by atoms with van der Waals surface area (Å²) in [5.41, 5.74) is 2.42. The van der Waals surface area contributed by atoms with Gasteiger partial charge in [0.25, 0.3) is 0 Å². The van der Waals surface area contributed by atoms with Crippen LogP contribution in [0.1, 0.15) is 25.8 Å². The van der Waals surface area contributed by atoms with Gasteiger partial charge in [-0.25, -0.2) is 15.0 Å². The number of hydrogen-bond donors (Lipinski definition) is 3. The number of alkyl halides is 3. The van der Waals surface area contributed by atoms with Crippen molar-refractivity contribution in [1.82, 2.24) is 20.4 Å². The number of nitrogens with one attached hydrogen (secondary N) is 2. The minimum atomic E-state index is -4.57. The fraction of sp³-hybridized carbons (Fsp3) is 0.350. The molecule has 166 valence electrons. The maximum Gasteiger partial charge on any atom is 0.419 e. The lowest BCUT2D eigenvalue weighted by Gasteiger charge is -2.19. The predicted octanol–water partition coefficient (Wildman–Crippen LogP) is 4.62. The van der Waals surface area contributed by atoms with Crippen molar-refractivity contribution in [2.45, 2.75) is 32.5 Å². The van der Waals surface area contributed by atoms with Crippen LogP contribution in [0.25, 0.3) is 11.3 Å². The zero-order chi connectivity index (χ0) is 22.4. The van der Waals surface area contributed by atoms with Gasteiger partial charge in [-0.2, -0.15) is 13.2 Å². The average Bonchev–Trinajstić information content (AvgIpc) is 3.24. The van der Waals surface area contributed by atoms with Gasteiger partial charge in [0.15, 0.2) is 5.13 Å². The van der Waals surface area contributed by atoms with Gasteiger partial charge >= 0.3 is 6.18 Å². The zero-order valence-electron chi connectivity index (χ0n) is 17.0. The fourth-order valence-corrected chi connectivity index (χ4v) is 3.49. The van der Waals surface area contributed by atoms with E-state index in [-0.39, 0.29) is 30.3 Å². The topological polar surface area (TPSA) is 98.0 Å². The number of rotatable bonds is 9. The standard InChI is InChI=1S/C20H23F3N6OS/c1-12(9-13(2)29-24)11-30-17-4-3-14(10-15(17)20(21,22)23)16-5-6-25-18(27-16)28-19-26-7-8-31-19/h3-8,10,12-13,29H,9,11,24H2,1-2H3,(H,25,26,27,28). The SMILES string of the molecule is CC(COc1ccc(-c2ccnc(Nc3nccs3)n2)cc1C(F)(F)F)CC(C)NN. The lowest BCUT2D eigenvalue weighted by atomic mass is 10.0. The normalized spacial score (nSPS) is 13.6. The molecule has 0 aliphatic rings. The Morgan fingerprint density at radius 3 is 2.65 bits per heavy atom. The van der Waals surface area contributed by atoms with Gasteiger partial charge in [-0.15, -0.1) is 11.3 Å². The summed E-state index contributed by atoms with van der Waals surface area (Å²) in [7, 11) is 0. The van der Waals surface area contributed by atoms with Crippen molar-refractivity contribution in [2.75, 3.05) is 11.9 Å². The molecular weight excluding hydrogens is 429 g/mol. The van der Waals surface area contributed by atoms with E-state index in [1.165, 1.54) is 23.6 Å². The summed E-state index contributed by atoms with van der Waals surface area (Å²) in [4.78, 5) is 12.5. The first-order valence-electron chi connectivity index (χ1n) is 9.56. The Morgan fingerprint density at radius 2 is 1.97 bits per heavy atom. The second-order valence-electron chi connectivity index (χ2n) is 7.16. The third-order valence-corrected chi connectivity index (χ3v) is 5.14.